The van der Waals surface area contributed by atoms with Gasteiger partial charge >= 0.3 is 0 Å². The lowest BCUT2D eigenvalue weighted by molar-refractivity contribution is 0.416. The Hall–Kier alpha value is -1.45. The molecule has 0 radical (unpaired) electrons. The van der Waals surface area contributed by atoms with Crippen molar-refractivity contribution in [3.8, 4) is 5.75 Å². The summed E-state index contributed by atoms with van der Waals surface area (Å²) in [6, 6.07) is 8.28. The second kappa shape index (κ2) is 6.54. The van der Waals surface area contributed by atoms with E-state index in [1.807, 2.05) is 32.0 Å². The van der Waals surface area contributed by atoms with Crippen molar-refractivity contribution in [2.45, 2.75) is 19.9 Å². The number of hydrogen-bond donors (Lipinski definition) is 1. The van der Waals surface area contributed by atoms with Crippen molar-refractivity contribution < 1.29 is 9.13 Å². The molecule has 0 heterocycles. The fraction of sp³-hybridized carbons (Fsp3) is 0.250. The molecular weight excluding hydrogens is 312 g/mol. The largest absolute Gasteiger partial charge is 0.495 e. The minimum atomic E-state index is -0.485. The lowest BCUT2D eigenvalue weighted by Gasteiger charge is -2.20. The molecule has 0 aromatic heterocycles. The normalized spacial score (nSPS) is 12.1. The molecular formula is C16H16Cl2FNO. The van der Waals surface area contributed by atoms with Gasteiger partial charge in [-0.1, -0.05) is 29.3 Å². The summed E-state index contributed by atoms with van der Waals surface area (Å²) >= 11 is 12.2. The van der Waals surface area contributed by atoms with Gasteiger partial charge in [-0.3, -0.25) is 0 Å². The standard InChI is InChI=1S/C16H16Cl2FNO/c1-9-4-7-14(21-3)13(8-9)20-10(2)15-11(17)5-6-12(19)16(15)18/h4-8,10,20H,1-3H3. The van der Waals surface area contributed by atoms with E-state index in [0.717, 1.165) is 11.3 Å². The van der Waals surface area contributed by atoms with Crippen LogP contribution in [0, 0.1) is 12.7 Å². The van der Waals surface area contributed by atoms with Gasteiger partial charge in [-0.2, -0.15) is 0 Å². The summed E-state index contributed by atoms with van der Waals surface area (Å²) in [5.74, 6) is 0.219. The van der Waals surface area contributed by atoms with E-state index >= 15 is 0 Å². The van der Waals surface area contributed by atoms with Crippen LogP contribution < -0.4 is 10.1 Å². The van der Waals surface area contributed by atoms with Gasteiger partial charge in [0.1, 0.15) is 11.6 Å². The monoisotopic (exact) mass is 327 g/mol. The average Bonchev–Trinajstić information content (AvgIpc) is 2.43. The fourth-order valence-electron chi connectivity index (χ4n) is 2.18. The van der Waals surface area contributed by atoms with Gasteiger partial charge in [0.05, 0.1) is 23.9 Å². The van der Waals surface area contributed by atoms with E-state index in [-0.39, 0.29) is 11.1 Å². The van der Waals surface area contributed by atoms with Crippen LogP contribution in [-0.4, -0.2) is 7.11 Å². The van der Waals surface area contributed by atoms with Crippen LogP contribution in [0.1, 0.15) is 24.1 Å². The van der Waals surface area contributed by atoms with Crippen molar-refractivity contribution in [2.24, 2.45) is 0 Å². The van der Waals surface area contributed by atoms with Gasteiger partial charge in [0.2, 0.25) is 0 Å². The number of methoxy groups -OCH3 is 1. The Labute approximate surface area is 133 Å². The molecule has 21 heavy (non-hydrogen) atoms. The SMILES string of the molecule is COc1ccc(C)cc1NC(C)c1c(Cl)ccc(F)c1Cl. The Morgan fingerprint density at radius 1 is 1.19 bits per heavy atom. The number of hydrogen-bond acceptors (Lipinski definition) is 2. The lowest BCUT2D eigenvalue weighted by atomic mass is 10.1. The molecule has 0 fully saturated rings. The molecule has 0 aliphatic rings. The predicted octanol–water partition coefficient (Wildman–Crippen LogP) is 5.62. The quantitative estimate of drug-likeness (QED) is 0.735. The highest BCUT2D eigenvalue weighted by atomic mass is 35.5. The van der Waals surface area contributed by atoms with Crippen molar-refractivity contribution in [1.29, 1.82) is 0 Å². The predicted molar refractivity (Wildman–Crippen MR) is 86.2 cm³/mol. The molecule has 1 unspecified atom stereocenters. The van der Waals surface area contributed by atoms with Crippen molar-refractivity contribution in [3.63, 3.8) is 0 Å². The van der Waals surface area contributed by atoms with Crippen LogP contribution in [0.25, 0.3) is 0 Å². The minimum Gasteiger partial charge on any atom is -0.495 e. The van der Waals surface area contributed by atoms with E-state index in [2.05, 4.69) is 5.32 Å². The first-order valence-electron chi connectivity index (χ1n) is 6.48. The molecule has 1 atom stereocenters. The maximum Gasteiger partial charge on any atom is 0.142 e. The topological polar surface area (TPSA) is 21.3 Å². The zero-order chi connectivity index (χ0) is 15.6. The zero-order valence-corrected chi connectivity index (χ0v) is 13.5. The second-order valence-electron chi connectivity index (χ2n) is 4.83. The molecule has 0 spiro atoms. The molecule has 2 rings (SSSR count). The maximum absolute atomic E-state index is 13.6. The molecule has 0 saturated heterocycles. The van der Waals surface area contributed by atoms with E-state index in [1.54, 1.807) is 7.11 Å². The summed E-state index contributed by atoms with van der Waals surface area (Å²) < 4.78 is 18.9. The number of nitrogens with one attached hydrogen (secondary N) is 1. The zero-order valence-electron chi connectivity index (χ0n) is 12.0. The molecule has 1 N–H and O–H groups in total. The van der Waals surface area contributed by atoms with Crippen molar-refractivity contribution in [3.05, 3.63) is 57.3 Å². The highest BCUT2D eigenvalue weighted by Gasteiger charge is 2.18. The van der Waals surface area contributed by atoms with Crippen LogP contribution in [0.3, 0.4) is 0 Å². The van der Waals surface area contributed by atoms with Crippen LogP contribution in [-0.2, 0) is 0 Å². The summed E-state index contributed by atoms with van der Waals surface area (Å²) in [6.45, 7) is 3.85. The molecule has 0 amide bonds. The Morgan fingerprint density at radius 2 is 1.90 bits per heavy atom. The van der Waals surface area contributed by atoms with Crippen LogP contribution in [0.5, 0.6) is 5.75 Å². The van der Waals surface area contributed by atoms with Gasteiger partial charge in [0, 0.05) is 10.6 Å². The molecule has 2 aromatic rings. The van der Waals surface area contributed by atoms with Crippen LogP contribution in [0.15, 0.2) is 30.3 Å². The highest BCUT2D eigenvalue weighted by molar-refractivity contribution is 6.36. The minimum absolute atomic E-state index is 0.0362. The molecule has 112 valence electrons. The first kappa shape index (κ1) is 15.9. The van der Waals surface area contributed by atoms with Crippen molar-refractivity contribution in [1.82, 2.24) is 0 Å². The molecule has 0 aliphatic heterocycles. The number of ether oxygens (including phenoxy) is 1. The molecule has 2 nitrogen and oxygen atoms in total. The van der Waals surface area contributed by atoms with Crippen LogP contribution in [0.4, 0.5) is 10.1 Å². The number of anilines is 1. The Morgan fingerprint density at radius 3 is 2.57 bits per heavy atom. The average molecular weight is 328 g/mol. The first-order chi connectivity index (χ1) is 9.93. The van der Waals surface area contributed by atoms with Gasteiger partial charge in [-0.15, -0.1) is 0 Å². The smallest absolute Gasteiger partial charge is 0.142 e. The third-order valence-corrected chi connectivity index (χ3v) is 3.95. The molecule has 0 bridgehead atoms. The summed E-state index contributed by atoms with van der Waals surface area (Å²) in [7, 11) is 1.60. The Bertz CT molecular complexity index is 661. The van der Waals surface area contributed by atoms with Crippen molar-refractivity contribution in [2.75, 3.05) is 12.4 Å². The second-order valence-corrected chi connectivity index (χ2v) is 5.61. The highest BCUT2D eigenvalue weighted by Crippen LogP contribution is 2.36. The molecule has 0 aliphatic carbocycles. The summed E-state index contributed by atoms with van der Waals surface area (Å²) in [4.78, 5) is 0. The number of benzene rings is 2. The van der Waals surface area contributed by atoms with Gasteiger partial charge in [0.25, 0.3) is 0 Å². The summed E-state index contributed by atoms with van der Waals surface area (Å²) in [5, 5.41) is 3.73. The summed E-state index contributed by atoms with van der Waals surface area (Å²) in [5.41, 5.74) is 2.42. The third kappa shape index (κ3) is 3.42. The van der Waals surface area contributed by atoms with E-state index in [0.29, 0.717) is 16.3 Å². The number of halogens is 3. The molecule has 2 aromatic carbocycles. The Balaban J connectivity index is 2.37. The Kier molecular flexibility index (Phi) is 4.96. The number of rotatable bonds is 4. The van der Waals surface area contributed by atoms with Crippen LogP contribution in [0.2, 0.25) is 10.0 Å². The van der Waals surface area contributed by atoms with Crippen molar-refractivity contribution >= 4 is 28.9 Å². The van der Waals surface area contributed by atoms with E-state index < -0.39 is 5.82 Å². The first-order valence-corrected chi connectivity index (χ1v) is 7.24. The van der Waals surface area contributed by atoms with Gasteiger partial charge in [0.15, 0.2) is 0 Å². The van der Waals surface area contributed by atoms with E-state index in [9.17, 15) is 4.39 Å². The van der Waals surface area contributed by atoms with Gasteiger partial charge in [-0.05, 0) is 43.7 Å². The lowest BCUT2D eigenvalue weighted by Crippen LogP contribution is -2.09. The molecule has 0 saturated carbocycles. The molecule has 5 heteroatoms. The van der Waals surface area contributed by atoms with E-state index in [4.69, 9.17) is 27.9 Å². The van der Waals surface area contributed by atoms with Gasteiger partial charge < -0.3 is 10.1 Å². The van der Waals surface area contributed by atoms with E-state index in [1.165, 1.54) is 12.1 Å². The maximum atomic E-state index is 13.6. The summed E-state index contributed by atoms with van der Waals surface area (Å²) in [6.07, 6.45) is 0. The fourth-order valence-corrected chi connectivity index (χ4v) is 2.88. The van der Waals surface area contributed by atoms with Crippen LogP contribution >= 0.6 is 23.2 Å². The third-order valence-electron chi connectivity index (χ3n) is 3.24. The van der Waals surface area contributed by atoms with Gasteiger partial charge in [-0.25, -0.2) is 4.39 Å². The number of aryl methyl sites for hydroxylation is 1.